The Balaban J connectivity index is 0.836. The fourth-order valence-electron chi connectivity index (χ4n) is 8.67. The molecule has 4 heterocycles. The molecule has 56 heavy (non-hydrogen) atoms. The molecule has 3 aromatic carbocycles. The van der Waals surface area contributed by atoms with Gasteiger partial charge in [0.05, 0.1) is 24.3 Å². The van der Waals surface area contributed by atoms with Gasteiger partial charge in [0.15, 0.2) is 0 Å². The highest BCUT2D eigenvalue weighted by Gasteiger charge is 2.37. The van der Waals surface area contributed by atoms with Gasteiger partial charge in [0.25, 0.3) is 0 Å². The Hall–Kier alpha value is -4.91. The molecule has 2 amide bonds. The van der Waals surface area contributed by atoms with Crippen molar-refractivity contribution in [2.24, 2.45) is 17.8 Å². The SMILES string of the molecule is CN(CCCNCC(O)c1ccc(O)c2[nH]c(=O)ccc12)C(=O)C1CCC(COc2cccc([C@@H](NC(=O)OC3CN4CCC3CC4)c3ccccc3)c2)CC1. The van der Waals surface area contributed by atoms with E-state index in [9.17, 15) is 24.6 Å². The van der Waals surface area contributed by atoms with Crippen molar-refractivity contribution in [2.45, 2.75) is 63.2 Å². The zero-order valence-electron chi connectivity index (χ0n) is 32.2. The van der Waals surface area contributed by atoms with Gasteiger partial charge in [0.2, 0.25) is 11.5 Å². The fourth-order valence-corrected chi connectivity index (χ4v) is 8.67. The monoisotopic (exact) mass is 765 g/mol. The maximum atomic E-state index is 13.3. The van der Waals surface area contributed by atoms with Gasteiger partial charge in [-0.3, -0.25) is 14.5 Å². The standard InChI is InChI=1S/C44H55N5O7/c1-48(22-6-21-45-26-38(51)35-15-17-37(50)42-36(35)16-18-40(52)46-42)43(53)32-13-11-29(12-14-32)28-55-34-10-5-9-33(25-34)41(31-7-3-2-4-8-31)47-44(54)56-39-27-49-23-19-30(39)20-24-49/h2-5,7-10,15-18,25,29-30,32,38-39,41,45,50-51H,6,11-14,19-24,26-28H2,1H3,(H,46,52)(H,47,54)/t29?,32?,38?,39?,41-/m0/s1. The average Bonchev–Trinajstić information content (AvgIpc) is 3.23. The van der Waals surface area contributed by atoms with Gasteiger partial charge >= 0.3 is 6.09 Å². The minimum absolute atomic E-state index is 0.00186. The number of aliphatic hydroxyl groups excluding tert-OH is 1. The topological polar surface area (TPSA) is 156 Å². The zero-order chi connectivity index (χ0) is 39.0. The van der Waals surface area contributed by atoms with Crippen LogP contribution >= 0.6 is 0 Å². The van der Waals surface area contributed by atoms with Gasteiger partial charge < -0.3 is 40.2 Å². The first kappa shape index (κ1) is 39.3. The smallest absolute Gasteiger partial charge is 0.408 e. The third-order valence-corrected chi connectivity index (χ3v) is 11.9. The molecule has 12 nitrogen and oxygen atoms in total. The molecule has 2 bridgehead atoms. The molecule has 3 atom stereocenters. The van der Waals surface area contributed by atoms with Crippen LogP contribution in [0.5, 0.6) is 11.5 Å². The Kier molecular flexibility index (Phi) is 12.9. The number of ether oxygens (including phenoxy) is 2. The van der Waals surface area contributed by atoms with E-state index in [2.05, 4.69) is 20.5 Å². The molecular formula is C44H55N5O7. The van der Waals surface area contributed by atoms with E-state index in [0.29, 0.717) is 54.5 Å². The lowest BCUT2D eigenvalue weighted by molar-refractivity contribution is -0.135. The lowest BCUT2D eigenvalue weighted by Crippen LogP contribution is -2.52. The van der Waals surface area contributed by atoms with E-state index in [1.165, 1.54) is 12.1 Å². The van der Waals surface area contributed by atoms with Gasteiger partial charge in [-0.2, -0.15) is 0 Å². The lowest BCUT2D eigenvalue weighted by Gasteiger charge is -2.43. The van der Waals surface area contributed by atoms with E-state index in [1.807, 2.05) is 66.5 Å². The van der Waals surface area contributed by atoms with Crippen LogP contribution in [0.4, 0.5) is 4.79 Å². The molecule has 298 valence electrons. The third kappa shape index (κ3) is 9.72. The van der Waals surface area contributed by atoms with E-state index in [-0.39, 0.29) is 35.3 Å². The van der Waals surface area contributed by atoms with Gasteiger partial charge in [-0.1, -0.05) is 48.5 Å². The summed E-state index contributed by atoms with van der Waals surface area (Å²) in [5.74, 6) is 1.68. The van der Waals surface area contributed by atoms with Crippen molar-refractivity contribution in [2.75, 3.05) is 52.9 Å². The van der Waals surface area contributed by atoms with E-state index < -0.39 is 12.2 Å². The molecule has 0 spiro atoms. The Morgan fingerprint density at radius 1 is 0.946 bits per heavy atom. The first-order chi connectivity index (χ1) is 27.2. The van der Waals surface area contributed by atoms with Gasteiger partial charge in [-0.05, 0) is 117 Å². The molecule has 1 aliphatic carbocycles. The summed E-state index contributed by atoms with van der Waals surface area (Å²) >= 11 is 0. The molecule has 1 aromatic heterocycles. The summed E-state index contributed by atoms with van der Waals surface area (Å²) in [6.07, 6.45) is 5.10. The number of carbonyl (C=O) groups excluding carboxylic acids is 2. The number of nitrogens with one attached hydrogen (secondary N) is 3. The molecule has 2 unspecified atom stereocenters. The number of H-pyrrole nitrogens is 1. The number of aromatic hydroxyl groups is 1. The molecule has 0 radical (unpaired) electrons. The molecule has 5 N–H and O–H groups in total. The number of benzene rings is 3. The van der Waals surface area contributed by atoms with Crippen LogP contribution in [-0.4, -0.2) is 96.0 Å². The van der Waals surface area contributed by atoms with Crippen molar-refractivity contribution in [1.29, 1.82) is 0 Å². The summed E-state index contributed by atoms with van der Waals surface area (Å²) in [6, 6.07) is 23.6. The fraction of sp³-hybridized carbons (Fsp3) is 0.477. The van der Waals surface area contributed by atoms with Crippen LogP contribution in [0.3, 0.4) is 0 Å². The molecule has 4 aromatic rings. The molecule has 12 heteroatoms. The molecule has 1 saturated carbocycles. The number of carbonyl (C=O) groups is 2. The number of aromatic amines is 1. The van der Waals surface area contributed by atoms with Crippen LogP contribution in [0.25, 0.3) is 10.9 Å². The lowest BCUT2D eigenvalue weighted by atomic mass is 9.81. The number of hydrogen-bond acceptors (Lipinski definition) is 9. The number of nitrogens with zero attached hydrogens (tertiary/aromatic N) is 2. The minimum Gasteiger partial charge on any atom is -0.506 e. The van der Waals surface area contributed by atoms with Crippen LogP contribution in [0.2, 0.25) is 0 Å². The number of piperidine rings is 3. The van der Waals surface area contributed by atoms with Gasteiger partial charge in [-0.25, -0.2) is 4.79 Å². The van der Waals surface area contributed by atoms with Crippen molar-refractivity contribution in [1.82, 2.24) is 25.4 Å². The number of phenols is 1. The highest BCUT2D eigenvalue weighted by atomic mass is 16.6. The van der Waals surface area contributed by atoms with Crippen LogP contribution in [0, 0.1) is 17.8 Å². The van der Waals surface area contributed by atoms with E-state index >= 15 is 0 Å². The van der Waals surface area contributed by atoms with Crippen LogP contribution < -0.4 is 20.9 Å². The largest absolute Gasteiger partial charge is 0.506 e. The van der Waals surface area contributed by atoms with Crippen LogP contribution in [0.15, 0.2) is 83.7 Å². The summed E-state index contributed by atoms with van der Waals surface area (Å²) < 4.78 is 12.3. The molecule has 4 aliphatic rings. The van der Waals surface area contributed by atoms with Crippen molar-refractivity contribution in [3.8, 4) is 11.5 Å². The summed E-state index contributed by atoms with van der Waals surface area (Å²) in [4.78, 5) is 45.1. The predicted octanol–water partition coefficient (Wildman–Crippen LogP) is 5.50. The number of aromatic nitrogens is 1. The number of pyridine rings is 1. The number of fused-ring (bicyclic) bond motifs is 4. The highest BCUT2D eigenvalue weighted by molar-refractivity contribution is 5.87. The summed E-state index contributed by atoms with van der Waals surface area (Å²) in [5, 5.41) is 27.9. The number of hydrogen-bond donors (Lipinski definition) is 5. The molecule has 4 fully saturated rings. The Bertz CT molecular complexity index is 1990. The maximum absolute atomic E-state index is 13.3. The van der Waals surface area contributed by atoms with Crippen LogP contribution in [-0.2, 0) is 9.53 Å². The van der Waals surface area contributed by atoms with Crippen molar-refractivity contribution < 1.29 is 29.3 Å². The van der Waals surface area contributed by atoms with Gasteiger partial charge in [-0.15, -0.1) is 0 Å². The summed E-state index contributed by atoms with van der Waals surface area (Å²) in [6.45, 7) is 5.09. The maximum Gasteiger partial charge on any atom is 0.408 e. The minimum atomic E-state index is -0.829. The summed E-state index contributed by atoms with van der Waals surface area (Å²) in [5.41, 5.74) is 2.50. The van der Waals surface area contributed by atoms with Crippen molar-refractivity contribution >= 4 is 22.9 Å². The normalized spacial score (nSPS) is 22.9. The van der Waals surface area contributed by atoms with Crippen LogP contribution in [0.1, 0.15) is 73.8 Å². The Labute approximate surface area is 328 Å². The molecular weight excluding hydrogens is 711 g/mol. The molecule has 8 rings (SSSR count). The van der Waals surface area contributed by atoms with Gasteiger partial charge in [0.1, 0.15) is 17.6 Å². The Morgan fingerprint density at radius 3 is 2.46 bits per heavy atom. The third-order valence-electron chi connectivity index (χ3n) is 11.9. The number of rotatable bonds is 15. The van der Waals surface area contributed by atoms with Gasteiger partial charge in [0, 0.05) is 44.1 Å². The highest BCUT2D eigenvalue weighted by Crippen LogP contribution is 2.33. The molecule has 3 saturated heterocycles. The average molecular weight is 766 g/mol. The zero-order valence-corrected chi connectivity index (χ0v) is 32.2. The van der Waals surface area contributed by atoms with E-state index in [4.69, 9.17) is 9.47 Å². The van der Waals surface area contributed by atoms with E-state index in [1.54, 1.807) is 12.1 Å². The quantitative estimate of drug-likeness (QED) is 0.0987. The number of alkyl carbamates (subject to hydrolysis) is 1. The summed E-state index contributed by atoms with van der Waals surface area (Å²) in [7, 11) is 1.86. The Morgan fingerprint density at radius 2 is 1.71 bits per heavy atom. The number of amides is 2. The first-order valence-electron chi connectivity index (χ1n) is 20.2. The van der Waals surface area contributed by atoms with Crippen molar-refractivity contribution in [3.05, 3.63) is 106 Å². The first-order valence-corrected chi connectivity index (χ1v) is 20.2. The van der Waals surface area contributed by atoms with Crippen molar-refractivity contribution in [3.63, 3.8) is 0 Å². The second-order valence-electron chi connectivity index (χ2n) is 15.8. The number of phenolic OH excluding ortho intramolecular Hbond substituents is 1. The molecule has 3 aliphatic heterocycles. The number of aliphatic hydroxyl groups is 1. The van der Waals surface area contributed by atoms with E-state index in [0.717, 1.165) is 81.5 Å². The second kappa shape index (κ2) is 18.4. The second-order valence-corrected chi connectivity index (χ2v) is 15.8. The predicted molar refractivity (Wildman–Crippen MR) is 215 cm³/mol.